The van der Waals surface area contributed by atoms with Crippen LogP contribution in [-0.2, 0) is 7.05 Å². The van der Waals surface area contributed by atoms with Crippen molar-refractivity contribution in [3.63, 3.8) is 0 Å². The second-order valence-corrected chi connectivity index (χ2v) is 5.91. The second-order valence-electron chi connectivity index (χ2n) is 5.91. The van der Waals surface area contributed by atoms with Crippen LogP contribution in [0.2, 0.25) is 0 Å². The average Bonchev–Trinajstić information content (AvgIpc) is 2.97. The van der Waals surface area contributed by atoms with Crippen molar-refractivity contribution in [2.24, 2.45) is 7.05 Å². The molecule has 3 aromatic rings. The lowest BCUT2D eigenvalue weighted by Gasteiger charge is -2.11. The highest BCUT2D eigenvalue weighted by molar-refractivity contribution is 5.86. The van der Waals surface area contributed by atoms with Crippen molar-refractivity contribution >= 4 is 16.9 Å². The molecule has 0 bridgehead atoms. The second kappa shape index (κ2) is 7.25. The van der Waals surface area contributed by atoms with Crippen molar-refractivity contribution < 1.29 is 4.74 Å². The molecule has 0 saturated carbocycles. The molecule has 0 aromatic carbocycles. The Labute approximate surface area is 141 Å². The minimum absolute atomic E-state index is 0.263. The summed E-state index contributed by atoms with van der Waals surface area (Å²) in [6.45, 7) is 5.56. The van der Waals surface area contributed by atoms with Crippen LogP contribution in [0.25, 0.3) is 11.0 Å². The normalized spacial score (nSPS) is 11.2. The first-order chi connectivity index (χ1) is 11.6. The van der Waals surface area contributed by atoms with Crippen LogP contribution in [0.4, 0.5) is 5.82 Å². The van der Waals surface area contributed by atoms with Gasteiger partial charge in [-0.3, -0.25) is 9.67 Å². The Balaban J connectivity index is 1.62. The molecule has 126 valence electrons. The van der Waals surface area contributed by atoms with Gasteiger partial charge in [-0.2, -0.15) is 5.10 Å². The van der Waals surface area contributed by atoms with Crippen molar-refractivity contribution in [2.45, 2.75) is 26.2 Å². The lowest BCUT2D eigenvalue weighted by molar-refractivity contribution is 0.314. The molecule has 0 aliphatic carbocycles. The number of nitrogens with zero attached hydrogens (tertiary/aromatic N) is 5. The van der Waals surface area contributed by atoms with Gasteiger partial charge in [0.15, 0.2) is 5.65 Å². The van der Waals surface area contributed by atoms with E-state index in [4.69, 9.17) is 4.74 Å². The predicted octanol–water partition coefficient (Wildman–Crippen LogP) is 2.76. The van der Waals surface area contributed by atoms with Crippen LogP contribution < -0.4 is 10.1 Å². The van der Waals surface area contributed by atoms with Gasteiger partial charge in [0, 0.05) is 25.7 Å². The summed E-state index contributed by atoms with van der Waals surface area (Å²) in [7, 11) is 1.89. The van der Waals surface area contributed by atoms with E-state index in [0.29, 0.717) is 6.61 Å². The van der Waals surface area contributed by atoms with Crippen LogP contribution in [0.5, 0.6) is 5.75 Å². The minimum atomic E-state index is 0.263. The molecule has 7 heteroatoms. The van der Waals surface area contributed by atoms with Crippen molar-refractivity contribution in [2.75, 3.05) is 18.5 Å². The molecule has 0 spiro atoms. The molecule has 0 amide bonds. The van der Waals surface area contributed by atoms with Gasteiger partial charge < -0.3 is 10.1 Å². The Morgan fingerprint density at radius 2 is 2.12 bits per heavy atom. The van der Waals surface area contributed by atoms with Crippen LogP contribution in [0.1, 0.15) is 32.0 Å². The maximum Gasteiger partial charge on any atom is 0.163 e. The molecule has 1 N–H and O–H groups in total. The highest BCUT2D eigenvalue weighted by atomic mass is 16.5. The zero-order valence-electron chi connectivity index (χ0n) is 14.2. The molecular formula is C17H22N6O. The monoisotopic (exact) mass is 326 g/mol. The molecule has 3 rings (SSSR count). The smallest absolute Gasteiger partial charge is 0.163 e. The van der Waals surface area contributed by atoms with E-state index < -0.39 is 0 Å². The summed E-state index contributed by atoms with van der Waals surface area (Å²) < 4.78 is 7.42. The molecule has 0 fully saturated rings. The third-order valence-corrected chi connectivity index (χ3v) is 3.64. The molecule has 0 radical (unpaired) electrons. The molecule has 0 unspecified atom stereocenters. The van der Waals surface area contributed by atoms with E-state index in [2.05, 4.69) is 39.2 Å². The SMILES string of the molecule is CC(C)c1nc(NCCCOc2cccnc2)c2cnn(C)c2n1. The molecular weight excluding hydrogens is 304 g/mol. The summed E-state index contributed by atoms with van der Waals surface area (Å²) in [5.41, 5.74) is 0.850. The first-order valence-electron chi connectivity index (χ1n) is 8.11. The maximum absolute atomic E-state index is 5.65. The Hall–Kier alpha value is -2.70. The highest BCUT2D eigenvalue weighted by Gasteiger charge is 2.13. The number of pyridine rings is 1. The quantitative estimate of drug-likeness (QED) is 0.673. The number of rotatable bonds is 7. The third kappa shape index (κ3) is 3.61. The van der Waals surface area contributed by atoms with Gasteiger partial charge in [0.1, 0.15) is 17.4 Å². The van der Waals surface area contributed by atoms with Crippen LogP contribution in [-0.4, -0.2) is 37.9 Å². The van der Waals surface area contributed by atoms with E-state index in [-0.39, 0.29) is 5.92 Å². The van der Waals surface area contributed by atoms with Crippen LogP contribution in [0, 0.1) is 0 Å². The fourth-order valence-electron chi connectivity index (χ4n) is 2.33. The molecule has 0 aliphatic rings. The van der Waals surface area contributed by atoms with Crippen LogP contribution >= 0.6 is 0 Å². The highest BCUT2D eigenvalue weighted by Crippen LogP contribution is 2.22. The fraction of sp³-hybridized carbons (Fsp3) is 0.412. The van der Waals surface area contributed by atoms with Gasteiger partial charge in [-0.15, -0.1) is 0 Å². The summed E-state index contributed by atoms with van der Waals surface area (Å²) in [4.78, 5) is 13.3. The van der Waals surface area contributed by atoms with Gasteiger partial charge in [0.2, 0.25) is 0 Å². The zero-order chi connectivity index (χ0) is 16.9. The molecule has 0 atom stereocenters. The Bertz CT molecular complexity index is 799. The van der Waals surface area contributed by atoms with E-state index in [1.165, 1.54) is 0 Å². The van der Waals surface area contributed by atoms with Crippen molar-refractivity contribution in [3.8, 4) is 5.75 Å². The van der Waals surface area contributed by atoms with E-state index in [1.54, 1.807) is 23.3 Å². The average molecular weight is 326 g/mol. The minimum Gasteiger partial charge on any atom is -0.492 e. The molecule has 0 saturated heterocycles. The molecule has 3 aromatic heterocycles. The standard InChI is InChI=1S/C17H22N6O/c1-12(2)15-21-16(14-11-20-23(3)17(14)22-15)19-8-5-9-24-13-6-4-7-18-10-13/h4,6-7,10-12H,5,8-9H2,1-3H3,(H,19,21,22). The number of aryl methyl sites for hydroxylation is 1. The first kappa shape index (κ1) is 16.2. The van der Waals surface area contributed by atoms with Gasteiger partial charge in [0.05, 0.1) is 24.4 Å². The largest absolute Gasteiger partial charge is 0.492 e. The van der Waals surface area contributed by atoms with E-state index in [1.807, 2.05) is 19.2 Å². The summed E-state index contributed by atoms with van der Waals surface area (Å²) in [6, 6.07) is 3.76. The summed E-state index contributed by atoms with van der Waals surface area (Å²) in [6.07, 6.45) is 6.10. The van der Waals surface area contributed by atoms with Gasteiger partial charge in [0.25, 0.3) is 0 Å². The zero-order valence-corrected chi connectivity index (χ0v) is 14.2. The first-order valence-corrected chi connectivity index (χ1v) is 8.11. The topological polar surface area (TPSA) is 77.8 Å². The predicted molar refractivity (Wildman–Crippen MR) is 93.2 cm³/mol. The lowest BCUT2D eigenvalue weighted by atomic mass is 10.2. The number of aromatic nitrogens is 5. The number of hydrogen-bond donors (Lipinski definition) is 1. The number of hydrogen-bond acceptors (Lipinski definition) is 6. The van der Waals surface area contributed by atoms with Gasteiger partial charge >= 0.3 is 0 Å². The number of fused-ring (bicyclic) bond motifs is 1. The van der Waals surface area contributed by atoms with Crippen LogP contribution in [0.15, 0.2) is 30.7 Å². The summed E-state index contributed by atoms with van der Waals surface area (Å²) in [5.74, 6) is 2.70. The number of ether oxygens (including phenoxy) is 1. The van der Waals surface area contributed by atoms with E-state index in [0.717, 1.165) is 41.4 Å². The number of nitrogens with one attached hydrogen (secondary N) is 1. The van der Waals surface area contributed by atoms with Gasteiger partial charge in [-0.25, -0.2) is 9.97 Å². The molecule has 0 aliphatic heterocycles. The maximum atomic E-state index is 5.65. The van der Waals surface area contributed by atoms with Gasteiger partial charge in [-0.05, 0) is 18.6 Å². The van der Waals surface area contributed by atoms with Crippen molar-refractivity contribution in [1.29, 1.82) is 0 Å². The van der Waals surface area contributed by atoms with Crippen molar-refractivity contribution in [1.82, 2.24) is 24.7 Å². The van der Waals surface area contributed by atoms with E-state index in [9.17, 15) is 0 Å². The molecule has 3 heterocycles. The molecule has 24 heavy (non-hydrogen) atoms. The van der Waals surface area contributed by atoms with Crippen LogP contribution in [0.3, 0.4) is 0 Å². The Morgan fingerprint density at radius 3 is 2.88 bits per heavy atom. The Morgan fingerprint density at radius 1 is 1.25 bits per heavy atom. The van der Waals surface area contributed by atoms with E-state index >= 15 is 0 Å². The Kier molecular flexibility index (Phi) is 4.88. The van der Waals surface area contributed by atoms with Crippen molar-refractivity contribution in [3.05, 3.63) is 36.5 Å². The lowest BCUT2D eigenvalue weighted by Crippen LogP contribution is -2.11. The van der Waals surface area contributed by atoms with Gasteiger partial charge in [-0.1, -0.05) is 13.8 Å². The molecule has 7 nitrogen and oxygen atoms in total. The number of anilines is 1. The summed E-state index contributed by atoms with van der Waals surface area (Å²) in [5, 5.41) is 8.61. The summed E-state index contributed by atoms with van der Waals surface area (Å²) >= 11 is 0. The fourth-order valence-corrected chi connectivity index (χ4v) is 2.33. The third-order valence-electron chi connectivity index (χ3n) is 3.64.